The molecule has 1 amide bonds. The van der Waals surface area contributed by atoms with Crippen molar-refractivity contribution in [3.8, 4) is 5.82 Å². The number of amides is 1. The van der Waals surface area contributed by atoms with Gasteiger partial charge in [0.05, 0.1) is 19.3 Å². The van der Waals surface area contributed by atoms with Gasteiger partial charge in [-0.1, -0.05) is 57.2 Å². The summed E-state index contributed by atoms with van der Waals surface area (Å²) >= 11 is 0. The smallest absolute Gasteiger partial charge is 0.294 e. The van der Waals surface area contributed by atoms with Crippen LogP contribution in [0.15, 0.2) is 34.0 Å². The van der Waals surface area contributed by atoms with Crippen molar-refractivity contribution in [2.45, 2.75) is 53.0 Å². The molecule has 1 aromatic carbocycles. The van der Waals surface area contributed by atoms with E-state index in [0.29, 0.717) is 18.2 Å². The summed E-state index contributed by atoms with van der Waals surface area (Å²) in [5.74, 6) is 0.266. The number of anilines is 1. The van der Waals surface area contributed by atoms with Crippen LogP contribution in [0, 0.1) is 0 Å². The van der Waals surface area contributed by atoms with Crippen LogP contribution in [0.25, 0.3) is 5.82 Å². The topological polar surface area (TPSA) is 142 Å². The molecular formula is C22H32N9O2+. The van der Waals surface area contributed by atoms with E-state index >= 15 is 0 Å². The molecule has 33 heavy (non-hydrogen) atoms. The third-order valence-corrected chi connectivity index (χ3v) is 5.28. The molecule has 0 fully saturated rings. The Morgan fingerprint density at radius 3 is 2.48 bits per heavy atom. The van der Waals surface area contributed by atoms with E-state index in [1.807, 2.05) is 24.3 Å². The molecule has 0 aliphatic heterocycles. The Kier molecular flexibility index (Phi) is 8.25. The van der Waals surface area contributed by atoms with Gasteiger partial charge in [0.25, 0.3) is 5.91 Å². The Labute approximate surface area is 193 Å². The van der Waals surface area contributed by atoms with E-state index in [0.717, 1.165) is 31.5 Å². The first kappa shape index (κ1) is 24.1. The quantitative estimate of drug-likeness (QED) is 0.293. The predicted octanol–water partition coefficient (Wildman–Crippen LogP) is 1.32. The number of hydrogen-bond donors (Lipinski definition) is 3. The molecule has 0 atom stereocenters. The molecule has 2 aromatic heterocycles. The minimum atomic E-state index is -0.464. The molecule has 0 saturated carbocycles. The molecule has 0 spiro atoms. The van der Waals surface area contributed by atoms with E-state index < -0.39 is 5.91 Å². The molecule has 3 rings (SSSR count). The molecule has 0 bridgehead atoms. The van der Waals surface area contributed by atoms with Crippen molar-refractivity contribution in [1.82, 2.24) is 30.7 Å². The molecule has 0 aliphatic carbocycles. The molecule has 3 aromatic rings. The Morgan fingerprint density at radius 2 is 1.91 bits per heavy atom. The van der Waals surface area contributed by atoms with Crippen LogP contribution in [-0.2, 0) is 6.54 Å². The van der Waals surface area contributed by atoms with E-state index in [-0.39, 0.29) is 17.3 Å². The van der Waals surface area contributed by atoms with E-state index in [2.05, 4.69) is 58.8 Å². The monoisotopic (exact) mass is 454 g/mol. The molecular weight excluding hydrogens is 422 g/mol. The molecule has 4 N–H and O–H groups in total. The van der Waals surface area contributed by atoms with Crippen molar-refractivity contribution < 1.29 is 14.3 Å². The van der Waals surface area contributed by atoms with Crippen LogP contribution in [0.5, 0.6) is 0 Å². The predicted molar refractivity (Wildman–Crippen MR) is 124 cm³/mol. The largest absolute Gasteiger partial charge is 0.378 e. The first-order chi connectivity index (χ1) is 15.9. The third kappa shape index (κ3) is 6.01. The van der Waals surface area contributed by atoms with Crippen molar-refractivity contribution in [2.75, 3.05) is 18.8 Å². The van der Waals surface area contributed by atoms with Gasteiger partial charge in [0.1, 0.15) is 12.2 Å². The average molecular weight is 455 g/mol. The van der Waals surface area contributed by atoms with Gasteiger partial charge in [-0.25, -0.2) is 10.1 Å². The van der Waals surface area contributed by atoms with E-state index in [1.54, 1.807) is 6.21 Å². The number of nitrogen functional groups attached to an aromatic ring is 1. The summed E-state index contributed by atoms with van der Waals surface area (Å²) < 4.78 is 6.13. The van der Waals surface area contributed by atoms with E-state index in [1.165, 1.54) is 15.1 Å². The second-order valence-electron chi connectivity index (χ2n) is 8.22. The summed E-state index contributed by atoms with van der Waals surface area (Å²) in [6.07, 6.45) is 3.61. The number of carbonyl (C=O) groups excluding carboxylic acids is 1. The highest BCUT2D eigenvalue weighted by Crippen LogP contribution is 2.16. The second kappa shape index (κ2) is 11.3. The van der Waals surface area contributed by atoms with Crippen molar-refractivity contribution in [3.63, 3.8) is 0 Å². The number of nitrogens with one attached hydrogen (secondary N) is 2. The lowest BCUT2D eigenvalue weighted by atomic mass is 10.0. The number of aromatic nitrogens is 5. The van der Waals surface area contributed by atoms with Gasteiger partial charge in [0, 0.05) is 0 Å². The minimum Gasteiger partial charge on any atom is -0.378 e. The zero-order valence-corrected chi connectivity index (χ0v) is 19.6. The lowest BCUT2D eigenvalue weighted by Gasteiger charge is -2.18. The van der Waals surface area contributed by atoms with Gasteiger partial charge >= 0.3 is 0 Å². The van der Waals surface area contributed by atoms with Gasteiger partial charge in [0.15, 0.2) is 5.69 Å². The highest BCUT2D eigenvalue weighted by atomic mass is 16.6. The van der Waals surface area contributed by atoms with Gasteiger partial charge in [-0.2, -0.15) is 9.78 Å². The summed E-state index contributed by atoms with van der Waals surface area (Å²) in [4.78, 5) is 14.2. The van der Waals surface area contributed by atoms with Crippen LogP contribution < -0.4 is 16.1 Å². The number of carbonyl (C=O) groups is 1. The molecule has 11 nitrogen and oxygen atoms in total. The lowest BCUT2D eigenvalue weighted by molar-refractivity contribution is -0.914. The first-order valence-corrected chi connectivity index (χ1v) is 11.2. The Bertz CT molecular complexity index is 1060. The molecule has 2 heterocycles. The zero-order chi connectivity index (χ0) is 23.8. The molecule has 0 unspecified atom stereocenters. The minimum absolute atomic E-state index is 0.0727. The van der Waals surface area contributed by atoms with Crippen LogP contribution in [0.4, 0.5) is 5.82 Å². The zero-order valence-electron chi connectivity index (χ0n) is 19.6. The molecule has 176 valence electrons. The fourth-order valence-corrected chi connectivity index (χ4v) is 3.58. The van der Waals surface area contributed by atoms with E-state index in [4.69, 9.17) is 10.4 Å². The van der Waals surface area contributed by atoms with Crippen LogP contribution in [0.1, 0.15) is 73.8 Å². The Hall–Kier alpha value is -3.60. The Morgan fingerprint density at radius 1 is 1.21 bits per heavy atom. The van der Waals surface area contributed by atoms with Crippen LogP contribution in [0.3, 0.4) is 0 Å². The Balaban J connectivity index is 1.82. The number of nitrogens with zero attached hydrogens (tertiary/aromatic N) is 6. The number of nitrogens with two attached hydrogens (primary N) is 1. The summed E-state index contributed by atoms with van der Waals surface area (Å²) in [6, 6.07) is 8.02. The highest BCUT2D eigenvalue weighted by molar-refractivity contribution is 5.94. The normalized spacial score (nSPS) is 11.7. The van der Waals surface area contributed by atoms with Crippen molar-refractivity contribution in [1.29, 1.82) is 0 Å². The lowest BCUT2D eigenvalue weighted by Crippen LogP contribution is -3.10. The van der Waals surface area contributed by atoms with Gasteiger partial charge in [-0.3, -0.25) is 4.79 Å². The molecule has 0 radical (unpaired) electrons. The second-order valence-corrected chi connectivity index (χ2v) is 8.22. The number of rotatable bonds is 11. The van der Waals surface area contributed by atoms with Crippen molar-refractivity contribution in [3.05, 3.63) is 46.8 Å². The van der Waals surface area contributed by atoms with Crippen LogP contribution in [0.2, 0.25) is 0 Å². The van der Waals surface area contributed by atoms with Crippen molar-refractivity contribution >= 4 is 17.9 Å². The maximum atomic E-state index is 12.9. The van der Waals surface area contributed by atoms with Crippen LogP contribution >= 0.6 is 0 Å². The maximum Gasteiger partial charge on any atom is 0.294 e. The summed E-state index contributed by atoms with van der Waals surface area (Å²) in [5.41, 5.74) is 11.3. The first-order valence-electron chi connectivity index (χ1n) is 11.2. The van der Waals surface area contributed by atoms with Gasteiger partial charge in [0.2, 0.25) is 11.6 Å². The fraction of sp³-hybridized carbons (Fsp3) is 0.455. The maximum absolute atomic E-state index is 12.9. The molecule has 11 heteroatoms. The average Bonchev–Trinajstić information content (AvgIpc) is 3.40. The molecule has 0 saturated heterocycles. The van der Waals surface area contributed by atoms with Crippen molar-refractivity contribution in [2.24, 2.45) is 5.10 Å². The number of benzene rings is 1. The van der Waals surface area contributed by atoms with Gasteiger partial charge < -0.3 is 10.6 Å². The standard InChI is InChI=1S/C22H31N9O2/c1-5-11-30(12-6-2)14-18-19(25-29-31(18)21-20(23)27-33-28-21)22(32)26-24-13-16-7-9-17(10-8-16)15(3)4/h7-10,13,15H,5-6,11-12,14H2,1-4H3,(H2,23,27)(H,26,32)/p+1. The third-order valence-electron chi connectivity index (χ3n) is 5.28. The van der Waals surface area contributed by atoms with E-state index in [9.17, 15) is 4.79 Å². The van der Waals surface area contributed by atoms with Gasteiger partial charge in [-0.15, -0.1) is 5.10 Å². The fourth-order valence-electron chi connectivity index (χ4n) is 3.58. The SMILES string of the molecule is CCC[NH+](CCC)Cc1c(C(=O)NN=Cc2ccc(C(C)C)cc2)nnn1-c1nonc1N. The number of hydrogen-bond acceptors (Lipinski definition) is 8. The number of hydrazone groups is 1. The molecule has 0 aliphatic rings. The summed E-state index contributed by atoms with van der Waals surface area (Å²) in [7, 11) is 0. The van der Waals surface area contributed by atoms with Gasteiger partial charge in [-0.05, 0) is 40.2 Å². The van der Waals surface area contributed by atoms with Crippen LogP contribution in [-0.4, -0.2) is 50.5 Å². The highest BCUT2D eigenvalue weighted by Gasteiger charge is 2.26. The summed E-state index contributed by atoms with van der Waals surface area (Å²) in [6.45, 7) is 10.9. The summed E-state index contributed by atoms with van der Waals surface area (Å²) in [5, 5.41) is 19.7. The number of quaternary nitrogens is 1.